The molecule has 1 aromatic carbocycles. The lowest BCUT2D eigenvalue weighted by molar-refractivity contribution is 0.317. The Kier molecular flexibility index (Phi) is 4.83. The largest absolute Gasteiger partial charge is 0.497 e. The molecule has 0 radical (unpaired) electrons. The highest BCUT2D eigenvalue weighted by Gasteiger charge is 2.21. The van der Waals surface area contributed by atoms with Crippen LogP contribution >= 0.6 is 0 Å². The first-order valence-electron chi connectivity index (χ1n) is 7.17. The minimum Gasteiger partial charge on any atom is -0.497 e. The molecular weight excluding hydrogens is 236 g/mol. The van der Waals surface area contributed by atoms with Crippen LogP contribution in [0.25, 0.3) is 0 Å². The van der Waals surface area contributed by atoms with Gasteiger partial charge >= 0.3 is 0 Å². The van der Waals surface area contributed by atoms with Crippen LogP contribution in [0.1, 0.15) is 36.9 Å². The number of fused-ring (bicyclic) bond motifs is 1. The van der Waals surface area contributed by atoms with Crippen LogP contribution in [0, 0.1) is 0 Å². The van der Waals surface area contributed by atoms with Crippen LogP contribution in [0.3, 0.4) is 0 Å². The number of nitrogens with zero attached hydrogens (tertiary/aromatic N) is 1. The SMILES string of the molecule is COc1ccc2c(c1)CCCC2NC(C)CN(C)C. The van der Waals surface area contributed by atoms with Gasteiger partial charge in [-0.3, -0.25) is 0 Å². The molecule has 3 nitrogen and oxygen atoms in total. The van der Waals surface area contributed by atoms with E-state index >= 15 is 0 Å². The molecule has 106 valence electrons. The van der Waals surface area contributed by atoms with E-state index in [0.717, 1.165) is 12.3 Å². The van der Waals surface area contributed by atoms with Gasteiger partial charge in [-0.15, -0.1) is 0 Å². The quantitative estimate of drug-likeness (QED) is 0.883. The van der Waals surface area contributed by atoms with Gasteiger partial charge in [0.15, 0.2) is 0 Å². The van der Waals surface area contributed by atoms with E-state index in [2.05, 4.69) is 49.4 Å². The number of methoxy groups -OCH3 is 1. The van der Waals surface area contributed by atoms with Gasteiger partial charge in [0.2, 0.25) is 0 Å². The average Bonchev–Trinajstić information content (AvgIpc) is 2.37. The molecule has 0 saturated carbocycles. The highest BCUT2D eigenvalue weighted by atomic mass is 16.5. The standard InChI is InChI=1S/C16H26N2O/c1-12(11-18(2)3)17-16-7-5-6-13-10-14(19-4)8-9-15(13)16/h8-10,12,16-17H,5-7,11H2,1-4H3. The van der Waals surface area contributed by atoms with Crippen molar-refractivity contribution in [2.45, 2.75) is 38.3 Å². The maximum atomic E-state index is 5.32. The average molecular weight is 262 g/mol. The van der Waals surface area contributed by atoms with Crippen LogP contribution < -0.4 is 10.1 Å². The lowest BCUT2D eigenvalue weighted by Crippen LogP contribution is -2.39. The van der Waals surface area contributed by atoms with E-state index in [1.165, 1.54) is 30.4 Å². The molecule has 0 aliphatic heterocycles. The number of likely N-dealkylation sites (N-methyl/N-ethyl adjacent to an activating group) is 1. The van der Waals surface area contributed by atoms with Gasteiger partial charge in [-0.2, -0.15) is 0 Å². The summed E-state index contributed by atoms with van der Waals surface area (Å²) in [5.74, 6) is 0.973. The van der Waals surface area contributed by atoms with E-state index in [0.29, 0.717) is 12.1 Å². The molecule has 0 saturated heterocycles. The summed E-state index contributed by atoms with van der Waals surface area (Å²) >= 11 is 0. The summed E-state index contributed by atoms with van der Waals surface area (Å²) in [5.41, 5.74) is 2.90. The summed E-state index contributed by atoms with van der Waals surface area (Å²) in [6, 6.07) is 7.50. The van der Waals surface area contributed by atoms with Crippen LogP contribution in [0.5, 0.6) is 5.75 Å². The maximum absolute atomic E-state index is 5.32. The Balaban J connectivity index is 2.09. The summed E-state index contributed by atoms with van der Waals surface area (Å²) in [7, 11) is 5.98. The number of ether oxygens (including phenoxy) is 1. The molecule has 1 N–H and O–H groups in total. The molecule has 1 aliphatic rings. The number of hydrogen-bond acceptors (Lipinski definition) is 3. The molecule has 2 atom stereocenters. The molecule has 19 heavy (non-hydrogen) atoms. The van der Waals surface area contributed by atoms with Gasteiger partial charge in [0.1, 0.15) is 5.75 Å². The van der Waals surface area contributed by atoms with Crippen LogP contribution in [-0.4, -0.2) is 38.7 Å². The van der Waals surface area contributed by atoms with E-state index in [-0.39, 0.29) is 0 Å². The fourth-order valence-corrected chi connectivity index (χ4v) is 3.03. The van der Waals surface area contributed by atoms with E-state index in [1.807, 2.05) is 0 Å². The van der Waals surface area contributed by atoms with Crippen molar-refractivity contribution in [1.29, 1.82) is 0 Å². The summed E-state index contributed by atoms with van der Waals surface area (Å²) in [6.45, 7) is 3.33. The summed E-state index contributed by atoms with van der Waals surface area (Å²) in [5, 5.41) is 3.76. The Labute approximate surface area is 116 Å². The van der Waals surface area contributed by atoms with E-state index < -0.39 is 0 Å². The van der Waals surface area contributed by atoms with Crippen molar-refractivity contribution in [3.05, 3.63) is 29.3 Å². The molecule has 0 heterocycles. The summed E-state index contributed by atoms with van der Waals surface area (Å²) < 4.78 is 5.32. The molecule has 0 fully saturated rings. The van der Waals surface area contributed by atoms with Crippen molar-refractivity contribution in [2.75, 3.05) is 27.7 Å². The third-order valence-electron chi connectivity index (χ3n) is 3.79. The predicted molar refractivity (Wildman–Crippen MR) is 79.8 cm³/mol. The normalized spacial score (nSPS) is 20.2. The first kappa shape index (κ1) is 14.4. The number of rotatable bonds is 5. The van der Waals surface area contributed by atoms with Gasteiger partial charge in [-0.1, -0.05) is 6.07 Å². The monoisotopic (exact) mass is 262 g/mol. The highest BCUT2D eigenvalue weighted by Crippen LogP contribution is 2.32. The van der Waals surface area contributed by atoms with Gasteiger partial charge in [0, 0.05) is 18.6 Å². The lowest BCUT2D eigenvalue weighted by Gasteiger charge is -2.30. The van der Waals surface area contributed by atoms with Crippen LogP contribution in [0.15, 0.2) is 18.2 Å². The minimum absolute atomic E-state index is 0.490. The first-order chi connectivity index (χ1) is 9.10. The van der Waals surface area contributed by atoms with Crippen molar-refractivity contribution in [3.63, 3.8) is 0 Å². The molecule has 1 aliphatic carbocycles. The summed E-state index contributed by atoms with van der Waals surface area (Å²) in [4.78, 5) is 2.23. The zero-order chi connectivity index (χ0) is 13.8. The van der Waals surface area contributed by atoms with E-state index in [4.69, 9.17) is 4.74 Å². The van der Waals surface area contributed by atoms with Crippen molar-refractivity contribution < 1.29 is 4.74 Å². The molecule has 2 unspecified atom stereocenters. The van der Waals surface area contributed by atoms with Crippen LogP contribution in [-0.2, 0) is 6.42 Å². The highest BCUT2D eigenvalue weighted by molar-refractivity contribution is 5.39. The second-order valence-electron chi connectivity index (χ2n) is 5.84. The Morgan fingerprint density at radius 3 is 2.89 bits per heavy atom. The van der Waals surface area contributed by atoms with Gasteiger partial charge in [-0.05, 0) is 63.5 Å². The second-order valence-corrected chi connectivity index (χ2v) is 5.84. The van der Waals surface area contributed by atoms with E-state index in [9.17, 15) is 0 Å². The van der Waals surface area contributed by atoms with Crippen molar-refractivity contribution in [1.82, 2.24) is 10.2 Å². The number of hydrogen-bond donors (Lipinski definition) is 1. The second kappa shape index (κ2) is 6.40. The third-order valence-corrected chi connectivity index (χ3v) is 3.79. The predicted octanol–water partition coefficient (Wildman–Crippen LogP) is 2.61. The van der Waals surface area contributed by atoms with Gasteiger partial charge in [0.05, 0.1) is 7.11 Å². The third kappa shape index (κ3) is 3.71. The lowest BCUT2D eigenvalue weighted by atomic mass is 9.87. The topological polar surface area (TPSA) is 24.5 Å². The van der Waals surface area contributed by atoms with Gasteiger partial charge < -0.3 is 15.0 Å². The smallest absolute Gasteiger partial charge is 0.119 e. The Morgan fingerprint density at radius 1 is 1.42 bits per heavy atom. The number of benzene rings is 1. The number of nitrogens with one attached hydrogen (secondary N) is 1. The zero-order valence-corrected chi connectivity index (χ0v) is 12.6. The Morgan fingerprint density at radius 2 is 2.21 bits per heavy atom. The molecule has 0 aromatic heterocycles. The number of aryl methyl sites for hydroxylation is 1. The molecule has 2 rings (SSSR count). The fourth-order valence-electron chi connectivity index (χ4n) is 3.03. The molecule has 0 spiro atoms. The Bertz CT molecular complexity index is 417. The fraction of sp³-hybridized carbons (Fsp3) is 0.625. The molecule has 1 aromatic rings. The zero-order valence-electron chi connectivity index (χ0n) is 12.6. The maximum Gasteiger partial charge on any atom is 0.119 e. The van der Waals surface area contributed by atoms with Gasteiger partial charge in [0.25, 0.3) is 0 Å². The van der Waals surface area contributed by atoms with Crippen molar-refractivity contribution in [2.24, 2.45) is 0 Å². The van der Waals surface area contributed by atoms with Crippen molar-refractivity contribution >= 4 is 0 Å². The summed E-state index contributed by atoms with van der Waals surface area (Å²) in [6.07, 6.45) is 3.66. The first-order valence-corrected chi connectivity index (χ1v) is 7.17. The Hall–Kier alpha value is -1.06. The van der Waals surface area contributed by atoms with Gasteiger partial charge in [-0.25, -0.2) is 0 Å². The van der Waals surface area contributed by atoms with Crippen LogP contribution in [0.4, 0.5) is 0 Å². The minimum atomic E-state index is 0.490. The molecule has 0 bridgehead atoms. The van der Waals surface area contributed by atoms with Crippen molar-refractivity contribution in [3.8, 4) is 5.75 Å². The molecule has 3 heteroatoms. The molecular formula is C16H26N2O. The van der Waals surface area contributed by atoms with Crippen LogP contribution in [0.2, 0.25) is 0 Å². The molecule has 0 amide bonds. The van der Waals surface area contributed by atoms with E-state index in [1.54, 1.807) is 7.11 Å².